The van der Waals surface area contributed by atoms with E-state index in [-0.39, 0.29) is 10.6 Å². The molecule has 2 aromatic rings. The van der Waals surface area contributed by atoms with E-state index in [1.807, 2.05) is 32.0 Å². The van der Waals surface area contributed by atoms with Crippen LogP contribution in [0.3, 0.4) is 0 Å². The number of anilines is 1. The van der Waals surface area contributed by atoms with Gasteiger partial charge < -0.3 is 9.47 Å². The molecule has 0 aliphatic carbocycles. The van der Waals surface area contributed by atoms with Crippen LogP contribution in [0.2, 0.25) is 0 Å². The van der Waals surface area contributed by atoms with E-state index in [1.165, 1.54) is 14.2 Å². The molecule has 0 unspecified atom stereocenters. The number of carbonyl (C=O) groups excluding carboxylic acids is 2. The molecule has 0 spiro atoms. The summed E-state index contributed by atoms with van der Waals surface area (Å²) in [6.45, 7) is 3.84. The largest absolute Gasteiger partial charge is 0.497 e. The molecule has 2 aromatic carbocycles. The maximum absolute atomic E-state index is 13.0. The highest BCUT2D eigenvalue weighted by molar-refractivity contribution is 6.60. The number of rotatable bonds is 4. The van der Waals surface area contributed by atoms with E-state index in [9.17, 15) is 9.59 Å². The lowest BCUT2D eigenvalue weighted by molar-refractivity contribution is -0.119. The van der Waals surface area contributed by atoms with Gasteiger partial charge >= 0.3 is 0 Å². The Labute approximate surface area is 156 Å². The first-order valence-electron chi connectivity index (χ1n) is 7.96. The molecule has 0 saturated heterocycles. The number of halogens is 1. The van der Waals surface area contributed by atoms with Crippen LogP contribution < -0.4 is 14.4 Å². The lowest BCUT2D eigenvalue weighted by atomic mass is 9.99. The first-order valence-corrected chi connectivity index (χ1v) is 8.34. The van der Waals surface area contributed by atoms with Crippen molar-refractivity contribution in [2.45, 2.75) is 13.8 Å². The standard InChI is InChI=1S/C20H18ClNO4/c1-11-5-6-16(12(2)7-11)17-18(21)20(24)22(19(17)23)13-8-14(25-3)10-15(9-13)26-4/h5-10H,1-4H3. The summed E-state index contributed by atoms with van der Waals surface area (Å²) in [5, 5.41) is -0.0938. The van der Waals surface area contributed by atoms with Gasteiger partial charge in [0.2, 0.25) is 0 Å². The van der Waals surface area contributed by atoms with Gasteiger partial charge in [-0.15, -0.1) is 0 Å². The second kappa shape index (κ2) is 6.84. The highest BCUT2D eigenvalue weighted by Crippen LogP contribution is 2.38. The number of benzene rings is 2. The highest BCUT2D eigenvalue weighted by atomic mass is 35.5. The predicted octanol–water partition coefficient (Wildman–Crippen LogP) is 3.84. The molecule has 3 rings (SSSR count). The van der Waals surface area contributed by atoms with E-state index in [1.54, 1.807) is 18.2 Å². The third-order valence-corrected chi connectivity index (χ3v) is 4.62. The second-order valence-electron chi connectivity index (χ2n) is 6.02. The van der Waals surface area contributed by atoms with Crippen LogP contribution >= 0.6 is 11.6 Å². The van der Waals surface area contributed by atoms with Crippen molar-refractivity contribution in [3.63, 3.8) is 0 Å². The second-order valence-corrected chi connectivity index (χ2v) is 6.40. The number of methoxy groups -OCH3 is 2. The van der Waals surface area contributed by atoms with Gasteiger partial charge in [-0.05, 0) is 25.0 Å². The average molecular weight is 372 g/mol. The molecule has 0 saturated carbocycles. The maximum Gasteiger partial charge on any atom is 0.277 e. The molecule has 1 aliphatic heterocycles. The molecule has 0 atom stereocenters. The van der Waals surface area contributed by atoms with Gasteiger partial charge in [0.15, 0.2) is 0 Å². The molecular weight excluding hydrogens is 354 g/mol. The average Bonchev–Trinajstić information content (AvgIpc) is 2.84. The van der Waals surface area contributed by atoms with Crippen LogP contribution in [0.15, 0.2) is 41.4 Å². The summed E-state index contributed by atoms with van der Waals surface area (Å²) >= 11 is 6.27. The Bertz CT molecular complexity index is 927. The fourth-order valence-electron chi connectivity index (χ4n) is 2.99. The maximum atomic E-state index is 13.0. The molecule has 26 heavy (non-hydrogen) atoms. The smallest absolute Gasteiger partial charge is 0.277 e. The van der Waals surface area contributed by atoms with Gasteiger partial charge in [0.1, 0.15) is 16.5 Å². The van der Waals surface area contributed by atoms with Crippen LogP contribution in [0.4, 0.5) is 5.69 Å². The molecule has 1 heterocycles. The quantitative estimate of drug-likeness (QED) is 0.766. The van der Waals surface area contributed by atoms with E-state index in [2.05, 4.69) is 0 Å². The van der Waals surface area contributed by atoms with Gasteiger partial charge in [0.25, 0.3) is 11.8 Å². The number of aryl methyl sites for hydroxylation is 2. The van der Waals surface area contributed by atoms with Gasteiger partial charge in [-0.1, -0.05) is 35.4 Å². The van der Waals surface area contributed by atoms with E-state index in [0.29, 0.717) is 22.7 Å². The van der Waals surface area contributed by atoms with Crippen molar-refractivity contribution >= 4 is 34.7 Å². The lowest BCUT2D eigenvalue weighted by Gasteiger charge is -2.17. The van der Waals surface area contributed by atoms with Gasteiger partial charge in [-0.3, -0.25) is 9.59 Å². The first-order chi connectivity index (χ1) is 12.4. The first kappa shape index (κ1) is 18.0. The minimum Gasteiger partial charge on any atom is -0.497 e. The van der Waals surface area contributed by atoms with Crippen LogP contribution in [-0.2, 0) is 9.59 Å². The third kappa shape index (κ3) is 2.95. The van der Waals surface area contributed by atoms with Crippen molar-refractivity contribution in [1.29, 1.82) is 0 Å². The van der Waals surface area contributed by atoms with Gasteiger partial charge in [0, 0.05) is 18.2 Å². The monoisotopic (exact) mass is 371 g/mol. The fraction of sp³-hybridized carbons (Fsp3) is 0.200. The molecule has 6 heteroatoms. The third-order valence-electron chi connectivity index (χ3n) is 4.27. The summed E-state index contributed by atoms with van der Waals surface area (Å²) in [4.78, 5) is 26.8. The van der Waals surface area contributed by atoms with Crippen LogP contribution in [0, 0.1) is 13.8 Å². The van der Waals surface area contributed by atoms with Crippen molar-refractivity contribution in [2.24, 2.45) is 0 Å². The normalized spacial score (nSPS) is 14.3. The van der Waals surface area contributed by atoms with E-state index < -0.39 is 11.8 Å². The van der Waals surface area contributed by atoms with Crippen molar-refractivity contribution in [3.05, 3.63) is 58.1 Å². The van der Waals surface area contributed by atoms with Crippen molar-refractivity contribution in [2.75, 3.05) is 19.1 Å². The van der Waals surface area contributed by atoms with Crippen LogP contribution in [0.1, 0.15) is 16.7 Å². The number of hydrogen-bond donors (Lipinski definition) is 0. The summed E-state index contributed by atoms with van der Waals surface area (Å²) < 4.78 is 10.4. The molecule has 0 aromatic heterocycles. The fourth-order valence-corrected chi connectivity index (χ4v) is 3.25. The Kier molecular flexibility index (Phi) is 4.74. The van der Waals surface area contributed by atoms with Crippen LogP contribution in [0.25, 0.3) is 5.57 Å². The minimum absolute atomic E-state index is 0.0938. The number of carbonyl (C=O) groups is 2. The van der Waals surface area contributed by atoms with Crippen LogP contribution in [0.5, 0.6) is 11.5 Å². The summed E-state index contributed by atoms with van der Waals surface area (Å²) in [6, 6.07) is 10.5. The molecule has 0 N–H and O–H groups in total. The molecule has 134 valence electrons. The Morgan fingerprint density at radius 2 is 1.50 bits per heavy atom. The molecule has 0 fully saturated rings. The summed E-state index contributed by atoms with van der Waals surface area (Å²) in [5.74, 6) is -0.101. The van der Waals surface area contributed by atoms with E-state index in [4.69, 9.17) is 21.1 Å². The Balaban J connectivity index is 2.09. The number of ether oxygens (including phenoxy) is 2. The Morgan fingerprint density at radius 1 is 0.885 bits per heavy atom. The summed E-state index contributed by atoms with van der Waals surface area (Å²) in [7, 11) is 3.00. The number of hydrogen-bond acceptors (Lipinski definition) is 4. The van der Waals surface area contributed by atoms with Gasteiger partial charge in [-0.2, -0.15) is 0 Å². The summed E-state index contributed by atoms with van der Waals surface area (Å²) in [6.07, 6.45) is 0. The van der Waals surface area contributed by atoms with Gasteiger partial charge in [0.05, 0.1) is 25.5 Å². The van der Waals surface area contributed by atoms with Crippen molar-refractivity contribution < 1.29 is 19.1 Å². The van der Waals surface area contributed by atoms with E-state index in [0.717, 1.165) is 16.0 Å². The molecule has 0 bridgehead atoms. The zero-order chi connectivity index (χ0) is 19.0. The Hall–Kier alpha value is -2.79. The highest BCUT2D eigenvalue weighted by Gasteiger charge is 2.40. The van der Waals surface area contributed by atoms with Crippen molar-refractivity contribution in [1.82, 2.24) is 0 Å². The van der Waals surface area contributed by atoms with Crippen LogP contribution in [-0.4, -0.2) is 26.0 Å². The molecule has 0 radical (unpaired) electrons. The number of amides is 2. The van der Waals surface area contributed by atoms with Crippen molar-refractivity contribution in [3.8, 4) is 11.5 Å². The molecule has 2 amide bonds. The SMILES string of the molecule is COc1cc(OC)cc(N2C(=O)C(Cl)=C(c3ccc(C)cc3C)C2=O)c1. The minimum atomic E-state index is -0.568. The zero-order valence-electron chi connectivity index (χ0n) is 14.9. The number of nitrogens with zero attached hydrogens (tertiary/aromatic N) is 1. The lowest BCUT2D eigenvalue weighted by Crippen LogP contribution is -2.31. The predicted molar refractivity (Wildman–Crippen MR) is 101 cm³/mol. The molecule has 1 aliphatic rings. The summed E-state index contributed by atoms with van der Waals surface area (Å²) in [5.41, 5.74) is 3.14. The molecule has 5 nitrogen and oxygen atoms in total. The molecular formula is C20H18ClNO4. The van der Waals surface area contributed by atoms with Gasteiger partial charge in [-0.25, -0.2) is 4.90 Å². The number of imide groups is 1. The zero-order valence-corrected chi connectivity index (χ0v) is 15.7. The Morgan fingerprint density at radius 3 is 2.04 bits per heavy atom. The van der Waals surface area contributed by atoms with E-state index >= 15 is 0 Å². The topological polar surface area (TPSA) is 55.8 Å².